The molecule has 6 heteroatoms. The standard InChI is InChI=1S/C20H27N3O3/c1-25-10-11-26-18-9-5-8-16(13-18)20(24)21-19-14-17(22-23-19)12-15-6-3-2-4-7-15/h5,8-9,13-15H,2-4,6-7,10-12H2,1H3,(H2,21,22,23,24). The van der Waals surface area contributed by atoms with E-state index in [4.69, 9.17) is 9.47 Å². The van der Waals surface area contributed by atoms with Gasteiger partial charge in [0.15, 0.2) is 5.82 Å². The van der Waals surface area contributed by atoms with Crippen LogP contribution in [0, 0.1) is 5.92 Å². The Labute approximate surface area is 154 Å². The van der Waals surface area contributed by atoms with E-state index < -0.39 is 0 Å². The number of amides is 1. The minimum Gasteiger partial charge on any atom is -0.491 e. The number of hydrogen-bond donors (Lipinski definition) is 2. The topological polar surface area (TPSA) is 76.2 Å². The van der Waals surface area contributed by atoms with Gasteiger partial charge in [0.1, 0.15) is 12.4 Å². The van der Waals surface area contributed by atoms with Crippen molar-refractivity contribution in [3.63, 3.8) is 0 Å². The molecule has 0 saturated heterocycles. The molecule has 0 bridgehead atoms. The first-order valence-corrected chi connectivity index (χ1v) is 9.32. The van der Waals surface area contributed by atoms with Gasteiger partial charge in [-0.3, -0.25) is 9.89 Å². The van der Waals surface area contributed by atoms with E-state index in [2.05, 4.69) is 15.5 Å². The molecule has 2 N–H and O–H groups in total. The number of nitrogens with zero attached hydrogens (tertiary/aromatic N) is 1. The molecule has 0 aliphatic heterocycles. The minimum atomic E-state index is -0.196. The van der Waals surface area contributed by atoms with E-state index in [0.29, 0.717) is 30.3 Å². The van der Waals surface area contributed by atoms with Gasteiger partial charge >= 0.3 is 0 Å². The first kappa shape index (κ1) is 18.5. The minimum absolute atomic E-state index is 0.196. The summed E-state index contributed by atoms with van der Waals surface area (Å²) in [6.45, 7) is 0.957. The molecule has 1 heterocycles. The summed E-state index contributed by atoms with van der Waals surface area (Å²) < 4.78 is 10.5. The average molecular weight is 357 g/mol. The highest BCUT2D eigenvalue weighted by atomic mass is 16.5. The van der Waals surface area contributed by atoms with Crippen LogP contribution >= 0.6 is 0 Å². The summed E-state index contributed by atoms with van der Waals surface area (Å²) >= 11 is 0. The van der Waals surface area contributed by atoms with Gasteiger partial charge in [-0.2, -0.15) is 5.10 Å². The number of nitrogens with one attached hydrogen (secondary N) is 2. The van der Waals surface area contributed by atoms with Crippen LogP contribution in [0.5, 0.6) is 5.75 Å². The van der Waals surface area contributed by atoms with Crippen LogP contribution in [0.25, 0.3) is 0 Å². The fourth-order valence-electron chi connectivity index (χ4n) is 3.39. The van der Waals surface area contributed by atoms with Gasteiger partial charge in [-0.1, -0.05) is 38.2 Å². The molecule has 1 aliphatic carbocycles. The van der Waals surface area contributed by atoms with Crippen molar-refractivity contribution in [3.05, 3.63) is 41.6 Å². The van der Waals surface area contributed by atoms with E-state index in [0.717, 1.165) is 18.0 Å². The number of carbonyl (C=O) groups is 1. The van der Waals surface area contributed by atoms with Gasteiger partial charge in [-0.05, 0) is 30.5 Å². The zero-order valence-corrected chi connectivity index (χ0v) is 15.3. The zero-order valence-electron chi connectivity index (χ0n) is 15.3. The van der Waals surface area contributed by atoms with Crippen molar-refractivity contribution in [3.8, 4) is 5.75 Å². The van der Waals surface area contributed by atoms with Crippen LogP contribution in [0.1, 0.15) is 48.2 Å². The third-order valence-corrected chi connectivity index (χ3v) is 4.76. The Kier molecular flexibility index (Phi) is 6.66. The van der Waals surface area contributed by atoms with Crippen LogP contribution in [0.3, 0.4) is 0 Å². The summed E-state index contributed by atoms with van der Waals surface area (Å²) in [5.41, 5.74) is 1.63. The lowest BCUT2D eigenvalue weighted by Crippen LogP contribution is -2.12. The number of benzene rings is 1. The molecule has 0 unspecified atom stereocenters. The van der Waals surface area contributed by atoms with Crippen LogP contribution in [-0.4, -0.2) is 36.4 Å². The molecular weight excluding hydrogens is 330 g/mol. The molecule has 1 aromatic carbocycles. The highest BCUT2D eigenvalue weighted by molar-refractivity contribution is 6.04. The Hall–Kier alpha value is -2.34. The summed E-state index contributed by atoms with van der Waals surface area (Å²) in [4.78, 5) is 12.5. The first-order chi connectivity index (χ1) is 12.7. The summed E-state index contributed by atoms with van der Waals surface area (Å²) in [5, 5.41) is 10.1. The molecule has 0 radical (unpaired) electrons. The fraction of sp³-hybridized carbons (Fsp3) is 0.500. The molecule has 140 valence electrons. The van der Waals surface area contributed by atoms with Crippen molar-refractivity contribution in [2.24, 2.45) is 5.92 Å². The second kappa shape index (κ2) is 9.38. The molecule has 0 atom stereocenters. The maximum Gasteiger partial charge on any atom is 0.256 e. The van der Waals surface area contributed by atoms with E-state index in [-0.39, 0.29) is 5.91 Å². The van der Waals surface area contributed by atoms with Crippen molar-refractivity contribution < 1.29 is 14.3 Å². The van der Waals surface area contributed by atoms with Crippen LogP contribution < -0.4 is 10.1 Å². The summed E-state index contributed by atoms with van der Waals surface area (Å²) in [6.07, 6.45) is 7.59. The molecule has 1 aromatic heterocycles. The monoisotopic (exact) mass is 357 g/mol. The van der Waals surface area contributed by atoms with Crippen LogP contribution in [-0.2, 0) is 11.2 Å². The van der Waals surface area contributed by atoms with Gasteiger partial charge in [0.25, 0.3) is 5.91 Å². The number of hydrogen-bond acceptors (Lipinski definition) is 4. The smallest absolute Gasteiger partial charge is 0.256 e. The van der Waals surface area contributed by atoms with Crippen molar-refractivity contribution >= 4 is 11.7 Å². The largest absolute Gasteiger partial charge is 0.491 e. The third kappa shape index (κ3) is 5.33. The van der Waals surface area contributed by atoms with Crippen molar-refractivity contribution in [1.82, 2.24) is 10.2 Å². The van der Waals surface area contributed by atoms with E-state index in [1.807, 2.05) is 12.1 Å². The molecule has 1 aliphatic rings. The van der Waals surface area contributed by atoms with E-state index in [1.165, 1.54) is 32.1 Å². The number of aromatic nitrogens is 2. The number of rotatable bonds is 8. The van der Waals surface area contributed by atoms with Crippen LogP contribution in [0.4, 0.5) is 5.82 Å². The second-order valence-corrected chi connectivity index (χ2v) is 6.81. The highest BCUT2D eigenvalue weighted by Crippen LogP contribution is 2.26. The maximum absolute atomic E-state index is 12.5. The van der Waals surface area contributed by atoms with Crippen molar-refractivity contribution in [2.75, 3.05) is 25.6 Å². The van der Waals surface area contributed by atoms with Gasteiger partial charge in [0.05, 0.1) is 6.61 Å². The number of methoxy groups -OCH3 is 1. The normalized spacial score (nSPS) is 15.0. The van der Waals surface area contributed by atoms with Gasteiger partial charge in [-0.25, -0.2) is 0 Å². The Bertz CT molecular complexity index is 708. The number of carbonyl (C=O) groups excluding carboxylic acids is 1. The SMILES string of the molecule is COCCOc1cccc(C(=O)Nc2cc(CC3CCCCC3)[nH]n2)c1. The molecule has 1 saturated carbocycles. The van der Waals surface area contributed by atoms with E-state index in [9.17, 15) is 4.79 Å². The third-order valence-electron chi connectivity index (χ3n) is 4.76. The molecule has 3 rings (SSSR count). The molecule has 26 heavy (non-hydrogen) atoms. The van der Waals surface area contributed by atoms with Gasteiger partial charge in [-0.15, -0.1) is 0 Å². The Balaban J connectivity index is 1.55. The van der Waals surface area contributed by atoms with E-state index >= 15 is 0 Å². The van der Waals surface area contributed by atoms with Crippen molar-refractivity contribution in [1.29, 1.82) is 0 Å². The zero-order chi connectivity index (χ0) is 18.2. The molecular formula is C20H27N3O3. The van der Waals surface area contributed by atoms with Crippen LogP contribution in [0.2, 0.25) is 0 Å². The summed E-state index contributed by atoms with van der Waals surface area (Å²) in [6, 6.07) is 9.04. The lowest BCUT2D eigenvalue weighted by Gasteiger charge is -2.20. The predicted molar refractivity (Wildman–Crippen MR) is 101 cm³/mol. The maximum atomic E-state index is 12.5. The van der Waals surface area contributed by atoms with Crippen molar-refractivity contribution in [2.45, 2.75) is 38.5 Å². The lowest BCUT2D eigenvalue weighted by molar-refractivity contribution is 0.102. The number of H-pyrrole nitrogens is 1. The number of ether oxygens (including phenoxy) is 2. The van der Waals surface area contributed by atoms with E-state index in [1.54, 1.807) is 25.3 Å². The van der Waals surface area contributed by atoms with Gasteiger partial charge < -0.3 is 14.8 Å². The summed E-state index contributed by atoms with van der Waals surface area (Å²) in [5.74, 6) is 1.74. The highest BCUT2D eigenvalue weighted by Gasteiger charge is 2.16. The molecule has 1 amide bonds. The second-order valence-electron chi connectivity index (χ2n) is 6.81. The quantitative estimate of drug-likeness (QED) is 0.705. The first-order valence-electron chi connectivity index (χ1n) is 9.32. The predicted octanol–water partition coefficient (Wildman–Crippen LogP) is 3.81. The fourth-order valence-corrected chi connectivity index (χ4v) is 3.39. The Morgan fingerprint density at radius 2 is 2.08 bits per heavy atom. The molecule has 6 nitrogen and oxygen atoms in total. The Morgan fingerprint density at radius 1 is 1.23 bits per heavy atom. The molecule has 0 spiro atoms. The summed E-state index contributed by atoms with van der Waals surface area (Å²) in [7, 11) is 1.62. The van der Waals surface area contributed by atoms with Gasteiger partial charge in [0, 0.05) is 24.4 Å². The number of anilines is 1. The Morgan fingerprint density at radius 3 is 2.88 bits per heavy atom. The number of aromatic amines is 1. The molecule has 2 aromatic rings. The lowest BCUT2D eigenvalue weighted by atomic mass is 9.86. The molecule has 1 fully saturated rings. The van der Waals surface area contributed by atoms with Gasteiger partial charge in [0.2, 0.25) is 0 Å². The average Bonchev–Trinajstić information content (AvgIpc) is 3.10. The van der Waals surface area contributed by atoms with Crippen LogP contribution in [0.15, 0.2) is 30.3 Å².